The lowest BCUT2D eigenvalue weighted by atomic mass is 9.90. The third-order valence-electron chi connectivity index (χ3n) is 4.36. The maximum absolute atomic E-state index is 12.3. The number of rotatable bonds is 3. The Kier molecular flexibility index (Phi) is 3.92. The van der Waals surface area contributed by atoms with Crippen molar-refractivity contribution in [1.82, 2.24) is 5.32 Å². The molecule has 0 saturated carbocycles. The predicted molar refractivity (Wildman–Crippen MR) is 79.1 cm³/mol. The van der Waals surface area contributed by atoms with Gasteiger partial charge >= 0.3 is 0 Å². The fourth-order valence-corrected chi connectivity index (χ4v) is 3.06. The van der Waals surface area contributed by atoms with Gasteiger partial charge in [0, 0.05) is 12.1 Å². The number of carbonyl (C=O) groups excluding carboxylic acids is 1. The van der Waals surface area contributed by atoms with Crippen molar-refractivity contribution >= 4 is 11.6 Å². The van der Waals surface area contributed by atoms with E-state index >= 15 is 0 Å². The summed E-state index contributed by atoms with van der Waals surface area (Å²) in [5.74, 6) is 1.70. The summed E-state index contributed by atoms with van der Waals surface area (Å²) in [5, 5.41) is 6.35. The lowest BCUT2D eigenvalue weighted by Gasteiger charge is -2.28. The van der Waals surface area contributed by atoms with Crippen LogP contribution in [0.25, 0.3) is 0 Å². The Morgan fingerprint density at radius 1 is 1.50 bits per heavy atom. The molecule has 4 nitrogen and oxygen atoms in total. The second-order valence-corrected chi connectivity index (χ2v) is 5.72. The predicted octanol–water partition coefficient (Wildman–Crippen LogP) is 2.34. The Morgan fingerprint density at radius 3 is 3.25 bits per heavy atom. The van der Waals surface area contributed by atoms with Crippen LogP contribution in [-0.4, -0.2) is 25.1 Å². The maximum atomic E-state index is 12.3. The van der Waals surface area contributed by atoms with Crippen molar-refractivity contribution in [2.75, 3.05) is 18.5 Å². The Hall–Kier alpha value is -1.55. The van der Waals surface area contributed by atoms with Crippen LogP contribution in [0.4, 0.5) is 5.69 Å². The SMILES string of the molecule is CCC1CCNC(C(=O)Nc2ccc3c(c2)CCO3)C1. The van der Waals surface area contributed by atoms with Crippen LogP contribution in [0, 0.1) is 5.92 Å². The van der Waals surface area contributed by atoms with Crippen molar-refractivity contribution in [3.05, 3.63) is 23.8 Å². The van der Waals surface area contributed by atoms with E-state index in [1.54, 1.807) is 0 Å². The third-order valence-corrected chi connectivity index (χ3v) is 4.36. The highest BCUT2D eigenvalue weighted by molar-refractivity contribution is 5.95. The van der Waals surface area contributed by atoms with Gasteiger partial charge in [0.05, 0.1) is 12.6 Å². The van der Waals surface area contributed by atoms with E-state index in [1.807, 2.05) is 18.2 Å². The average Bonchev–Trinajstić information content (AvgIpc) is 2.95. The van der Waals surface area contributed by atoms with Crippen LogP contribution in [0.3, 0.4) is 0 Å². The number of benzene rings is 1. The van der Waals surface area contributed by atoms with Gasteiger partial charge in [0.15, 0.2) is 0 Å². The lowest BCUT2D eigenvalue weighted by molar-refractivity contribution is -0.119. The van der Waals surface area contributed by atoms with E-state index in [0.717, 1.165) is 43.9 Å². The molecule has 1 saturated heterocycles. The Bertz CT molecular complexity index is 501. The largest absolute Gasteiger partial charge is 0.493 e. The number of fused-ring (bicyclic) bond motifs is 1. The van der Waals surface area contributed by atoms with Crippen LogP contribution in [0.5, 0.6) is 5.75 Å². The molecule has 2 N–H and O–H groups in total. The molecule has 0 aromatic heterocycles. The molecule has 0 bridgehead atoms. The molecule has 1 aromatic rings. The standard InChI is InChI=1S/C16H22N2O2/c1-2-11-5-7-17-14(9-11)16(19)18-13-3-4-15-12(10-13)6-8-20-15/h3-4,10-11,14,17H,2,5-9H2,1H3,(H,18,19). The van der Waals surface area contributed by atoms with Crippen molar-refractivity contribution in [3.8, 4) is 5.75 Å². The van der Waals surface area contributed by atoms with E-state index in [2.05, 4.69) is 17.6 Å². The highest BCUT2D eigenvalue weighted by Gasteiger charge is 2.26. The van der Waals surface area contributed by atoms with Gasteiger partial charge in [-0.3, -0.25) is 4.79 Å². The number of nitrogens with one attached hydrogen (secondary N) is 2. The first-order chi connectivity index (χ1) is 9.76. The van der Waals surface area contributed by atoms with Gasteiger partial charge < -0.3 is 15.4 Å². The van der Waals surface area contributed by atoms with E-state index in [-0.39, 0.29) is 11.9 Å². The molecule has 1 fully saturated rings. The maximum Gasteiger partial charge on any atom is 0.241 e. The van der Waals surface area contributed by atoms with Gasteiger partial charge in [0.1, 0.15) is 5.75 Å². The van der Waals surface area contributed by atoms with Gasteiger partial charge in [0.25, 0.3) is 0 Å². The minimum atomic E-state index is -0.0572. The van der Waals surface area contributed by atoms with Crippen LogP contribution < -0.4 is 15.4 Å². The smallest absolute Gasteiger partial charge is 0.241 e. The Morgan fingerprint density at radius 2 is 2.40 bits per heavy atom. The second kappa shape index (κ2) is 5.83. The summed E-state index contributed by atoms with van der Waals surface area (Å²) in [6.45, 7) is 3.88. The minimum Gasteiger partial charge on any atom is -0.493 e. The zero-order valence-electron chi connectivity index (χ0n) is 11.9. The molecular weight excluding hydrogens is 252 g/mol. The Balaban J connectivity index is 1.63. The second-order valence-electron chi connectivity index (χ2n) is 5.72. The van der Waals surface area contributed by atoms with Crippen molar-refractivity contribution < 1.29 is 9.53 Å². The normalized spacial score (nSPS) is 24.9. The van der Waals surface area contributed by atoms with Crippen molar-refractivity contribution in [3.63, 3.8) is 0 Å². The third kappa shape index (κ3) is 2.80. The molecule has 1 aromatic carbocycles. The van der Waals surface area contributed by atoms with Crippen molar-refractivity contribution in [2.45, 2.75) is 38.6 Å². The fraction of sp³-hybridized carbons (Fsp3) is 0.562. The Labute approximate surface area is 119 Å². The summed E-state index contributed by atoms with van der Waals surface area (Å²) < 4.78 is 5.48. The monoisotopic (exact) mass is 274 g/mol. The number of ether oxygens (including phenoxy) is 1. The van der Waals surface area contributed by atoms with Gasteiger partial charge in [-0.2, -0.15) is 0 Å². The molecule has 0 radical (unpaired) electrons. The molecule has 4 heteroatoms. The number of anilines is 1. The quantitative estimate of drug-likeness (QED) is 0.889. The number of carbonyl (C=O) groups is 1. The van der Waals surface area contributed by atoms with Gasteiger partial charge in [-0.1, -0.05) is 13.3 Å². The highest BCUT2D eigenvalue weighted by atomic mass is 16.5. The molecule has 0 aliphatic carbocycles. The molecule has 2 aliphatic heterocycles. The fourth-order valence-electron chi connectivity index (χ4n) is 3.06. The van der Waals surface area contributed by atoms with Crippen LogP contribution in [-0.2, 0) is 11.2 Å². The number of hydrogen-bond donors (Lipinski definition) is 2. The van der Waals surface area contributed by atoms with Crippen molar-refractivity contribution in [1.29, 1.82) is 0 Å². The van der Waals surface area contributed by atoms with Gasteiger partial charge in [-0.15, -0.1) is 0 Å². The molecule has 2 unspecified atom stereocenters. The van der Waals surface area contributed by atoms with Gasteiger partial charge in [0.2, 0.25) is 5.91 Å². The van der Waals surface area contributed by atoms with E-state index in [9.17, 15) is 4.79 Å². The molecule has 3 rings (SSSR count). The summed E-state index contributed by atoms with van der Waals surface area (Å²) in [5.41, 5.74) is 2.06. The first-order valence-electron chi connectivity index (χ1n) is 7.56. The molecule has 108 valence electrons. The molecule has 2 aliphatic rings. The van der Waals surface area contributed by atoms with Crippen LogP contribution in [0.1, 0.15) is 31.7 Å². The van der Waals surface area contributed by atoms with Crippen LogP contribution >= 0.6 is 0 Å². The number of amides is 1. The highest BCUT2D eigenvalue weighted by Crippen LogP contribution is 2.28. The average molecular weight is 274 g/mol. The summed E-state index contributed by atoms with van der Waals surface area (Å²) in [6.07, 6.45) is 4.20. The molecule has 2 heterocycles. The zero-order chi connectivity index (χ0) is 13.9. The zero-order valence-corrected chi connectivity index (χ0v) is 11.9. The van der Waals surface area contributed by atoms with E-state index in [4.69, 9.17) is 4.74 Å². The van der Waals surface area contributed by atoms with E-state index < -0.39 is 0 Å². The number of hydrogen-bond acceptors (Lipinski definition) is 3. The molecule has 20 heavy (non-hydrogen) atoms. The van der Waals surface area contributed by atoms with Crippen LogP contribution in [0.15, 0.2) is 18.2 Å². The van der Waals surface area contributed by atoms with E-state index in [0.29, 0.717) is 5.92 Å². The first-order valence-corrected chi connectivity index (χ1v) is 7.56. The topological polar surface area (TPSA) is 50.4 Å². The van der Waals surface area contributed by atoms with Gasteiger partial charge in [-0.25, -0.2) is 0 Å². The summed E-state index contributed by atoms with van der Waals surface area (Å²) >= 11 is 0. The van der Waals surface area contributed by atoms with Gasteiger partial charge in [-0.05, 0) is 49.1 Å². The summed E-state index contributed by atoms with van der Waals surface area (Å²) in [7, 11) is 0. The first kappa shape index (κ1) is 13.4. The van der Waals surface area contributed by atoms with Crippen molar-refractivity contribution in [2.24, 2.45) is 5.92 Å². The molecular formula is C16H22N2O2. The molecule has 2 atom stereocenters. The molecule has 1 amide bonds. The summed E-state index contributed by atoms with van der Waals surface area (Å²) in [4.78, 5) is 12.3. The molecule has 0 spiro atoms. The van der Waals surface area contributed by atoms with Crippen LogP contribution in [0.2, 0.25) is 0 Å². The van der Waals surface area contributed by atoms with E-state index in [1.165, 1.54) is 12.0 Å². The number of piperidine rings is 1. The lowest BCUT2D eigenvalue weighted by Crippen LogP contribution is -2.46. The summed E-state index contributed by atoms with van der Waals surface area (Å²) in [6, 6.07) is 5.84. The minimum absolute atomic E-state index is 0.0572.